The number of rotatable bonds is 6. The molecule has 0 aliphatic carbocycles. The molecule has 0 fully saturated rings. The van der Waals surface area contributed by atoms with Crippen molar-refractivity contribution in [3.8, 4) is 5.75 Å². The number of aryl methyl sites for hydroxylation is 1. The van der Waals surface area contributed by atoms with Gasteiger partial charge in [-0.1, -0.05) is 19.1 Å². The summed E-state index contributed by atoms with van der Waals surface area (Å²) in [6.45, 7) is 5.08. The lowest BCUT2D eigenvalue weighted by molar-refractivity contribution is 0.410. The maximum atomic E-state index is 5.89. The summed E-state index contributed by atoms with van der Waals surface area (Å²) in [5.41, 5.74) is 2.24. The highest BCUT2D eigenvalue weighted by Gasteiger charge is 2.18. The average molecular weight is 294 g/mol. The van der Waals surface area contributed by atoms with Crippen molar-refractivity contribution in [2.45, 2.75) is 26.3 Å². The Kier molecular flexibility index (Phi) is 5.10. The van der Waals surface area contributed by atoms with Gasteiger partial charge in [0.25, 0.3) is 0 Å². The van der Waals surface area contributed by atoms with Crippen LogP contribution in [0.3, 0.4) is 0 Å². The molecule has 108 valence electrons. The summed E-state index contributed by atoms with van der Waals surface area (Å²) in [4.78, 5) is 0. The van der Waals surface area contributed by atoms with E-state index in [-0.39, 0.29) is 6.04 Å². The van der Waals surface area contributed by atoms with Crippen molar-refractivity contribution in [3.63, 3.8) is 0 Å². The standard InChI is InChI=1S/C16H20ClNO2/c1-4-9-18-16(14-7-8-15(17)20-14)12-5-6-13(19-3)11(2)10-12/h5-8,10,16,18H,4,9H2,1-3H3. The molecule has 0 spiro atoms. The first-order chi connectivity index (χ1) is 9.65. The Labute approximate surface area is 124 Å². The van der Waals surface area contributed by atoms with E-state index in [4.69, 9.17) is 20.8 Å². The van der Waals surface area contributed by atoms with Crippen molar-refractivity contribution in [1.82, 2.24) is 5.32 Å². The van der Waals surface area contributed by atoms with Crippen LogP contribution in [-0.2, 0) is 0 Å². The molecule has 0 saturated heterocycles. The highest BCUT2D eigenvalue weighted by atomic mass is 35.5. The molecule has 2 rings (SSSR count). The second-order valence-electron chi connectivity index (χ2n) is 4.76. The molecule has 1 aromatic heterocycles. The molecule has 3 nitrogen and oxygen atoms in total. The zero-order valence-electron chi connectivity index (χ0n) is 12.1. The Morgan fingerprint density at radius 2 is 2.10 bits per heavy atom. The molecule has 1 unspecified atom stereocenters. The summed E-state index contributed by atoms with van der Waals surface area (Å²) in [6, 6.07) is 9.84. The van der Waals surface area contributed by atoms with Gasteiger partial charge in [0.15, 0.2) is 5.22 Å². The fourth-order valence-electron chi connectivity index (χ4n) is 2.24. The van der Waals surface area contributed by atoms with Gasteiger partial charge in [-0.3, -0.25) is 0 Å². The molecule has 0 amide bonds. The Bertz CT molecular complexity index is 565. The Morgan fingerprint density at radius 3 is 2.65 bits per heavy atom. The van der Waals surface area contributed by atoms with Gasteiger partial charge in [-0.15, -0.1) is 0 Å². The third kappa shape index (κ3) is 3.35. The van der Waals surface area contributed by atoms with E-state index >= 15 is 0 Å². The molecular formula is C16H20ClNO2. The van der Waals surface area contributed by atoms with Crippen molar-refractivity contribution < 1.29 is 9.15 Å². The van der Waals surface area contributed by atoms with Gasteiger partial charge in [-0.25, -0.2) is 0 Å². The van der Waals surface area contributed by atoms with Gasteiger partial charge in [0.05, 0.1) is 13.2 Å². The third-order valence-electron chi connectivity index (χ3n) is 3.23. The van der Waals surface area contributed by atoms with Crippen LogP contribution >= 0.6 is 11.6 Å². The molecule has 0 aliphatic heterocycles. The van der Waals surface area contributed by atoms with Crippen LogP contribution < -0.4 is 10.1 Å². The molecule has 1 N–H and O–H groups in total. The molecule has 0 radical (unpaired) electrons. The van der Waals surface area contributed by atoms with Crippen molar-refractivity contribution >= 4 is 11.6 Å². The van der Waals surface area contributed by atoms with Gasteiger partial charge in [-0.05, 0) is 60.8 Å². The number of halogens is 1. The number of methoxy groups -OCH3 is 1. The van der Waals surface area contributed by atoms with Gasteiger partial charge < -0.3 is 14.5 Å². The lowest BCUT2D eigenvalue weighted by Crippen LogP contribution is -2.22. The van der Waals surface area contributed by atoms with Crippen molar-refractivity contribution in [2.24, 2.45) is 0 Å². The number of nitrogens with one attached hydrogen (secondary N) is 1. The van der Waals surface area contributed by atoms with Crippen LogP contribution in [0.25, 0.3) is 0 Å². The molecular weight excluding hydrogens is 274 g/mol. The van der Waals surface area contributed by atoms with Crippen molar-refractivity contribution in [3.05, 3.63) is 52.4 Å². The summed E-state index contributed by atoms with van der Waals surface area (Å²) in [6.07, 6.45) is 1.06. The Morgan fingerprint density at radius 1 is 1.30 bits per heavy atom. The van der Waals surface area contributed by atoms with Crippen LogP contribution in [0.1, 0.15) is 36.3 Å². The van der Waals surface area contributed by atoms with Gasteiger partial charge in [-0.2, -0.15) is 0 Å². The molecule has 4 heteroatoms. The van der Waals surface area contributed by atoms with E-state index in [9.17, 15) is 0 Å². The summed E-state index contributed by atoms with van der Waals surface area (Å²) >= 11 is 5.89. The van der Waals surface area contributed by atoms with E-state index in [1.165, 1.54) is 0 Å². The first-order valence-corrected chi connectivity index (χ1v) is 7.16. The highest BCUT2D eigenvalue weighted by molar-refractivity contribution is 6.28. The van der Waals surface area contributed by atoms with Gasteiger partial charge >= 0.3 is 0 Å². The predicted octanol–water partition coefficient (Wildman–Crippen LogP) is 4.34. The minimum atomic E-state index is 0.00653. The molecule has 0 aliphatic rings. The lowest BCUT2D eigenvalue weighted by Gasteiger charge is -2.18. The van der Waals surface area contributed by atoms with Gasteiger partial charge in [0.2, 0.25) is 0 Å². The smallest absolute Gasteiger partial charge is 0.193 e. The summed E-state index contributed by atoms with van der Waals surface area (Å²) in [7, 11) is 1.68. The summed E-state index contributed by atoms with van der Waals surface area (Å²) in [5, 5.41) is 3.90. The molecule has 2 aromatic rings. The SMILES string of the molecule is CCCNC(c1ccc(OC)c(C)c1)c1ccc(Cl)o1. The van der Waals surface area contributed by atoms with E-state index in [0.717, 1.165) is 35.6 Å². The quantitative estimate of drug-likeness (QED) is 0.860. The molecule has 1 aromatic carbocycles. The summed E-state index contributed by atoms with van der Waals surface area (Å²) in [5.74, 6) is 1.72. The zero-order valence-corrected chi connectivity index (χ0v) is 12.8. The zero-order chi connectivity index (χ0) is 14.5. The Hall–Kier alpha value is -1.45. The number of ether oxygens (including phenoxy) is 1. The lowest BCUT2D eigenvalue weighted by atomic mass is 10.0. The van der Waals surface area contributed by atoms with Gasteiger partial charge in [0.1, 0.15) is 11.5 Å². The van der Waals surface area contributed by atoms with E-state index in [1.807, 2.05) is 19.1 Å². The number of hydrogen-bond acceptors (Lipinski definition) is 3. The Balaban J connectivity index is 2.33. The minimum Gasteiger partial charge on any atom is -0.496 e. The number of hydrogen-bond donors (Lipinski definition) is 1. The molecule has 1 atom stereocenters. The van der Waals surface area contributed by atoms with Crippen LogP contribution in [0.15, 0.2) is 34.7 Å². The van der Waals surface area contributed by atoms with Crippen molar-refractivity contribution in [1.29, 1.82) is 0 Å². The maximum Gasteiger partial charge on any atom is 0.193 e. The maximum absolute atomic E-state index is 5.89. The first kappa shape index (κ1) is 14.9. The summed E-state index contributed by atoms with van der Waals surface area (Å²) < 4.78 is 10.9. The van der Waals surface area contributed by atoms with Crippen LogP contribution in [0, 0.1) is 6.92 Å². The monoisotopic (exact) mass is 293 g/mol. The van der Waals surface area contributed by atoms with Crippen molar-refractivity contribution in [2.75, 3.05) is 13.7 Å². The van der Waals surface area contributed by atoms with Crippen LogP contribution in [0.4, 0.5) is 0 Å². The second kappa shape index (κ2) is 6.82. The largest absolute Gasteiger partial charge is 0.496 e. The van der Waals surface area contributed by atoms with Crippen LogP contribution in [-0.4, -0.2) is 13.7 Å². The van der Waals surface area contributed by atoms with Crippen LogP contribution in [0.5, 0.6) is 5.75 Å². The highest BCUT2D eigenvalue weighted by Crippen LogP contribution is 2.29. The number of furan rings is 1. The average Bonchev–Trinajstić information content (AvgIpc) is 2.86. The predicted molar refractivity (Wildman–Crippen MR) is 81.6 cm³/mol. The van der Waals surface area contributed by atoms with E-state index in [1.54, 1.807) is 13.2 Å². The van der Waals surface area contributed by atoms with E-state index in [2.05, 4.69) is 24.4 Å². The third-order valence-corrected chi connectivity index (χ3v) is 3.43. The second-order valence-corrected chi connectivity index (χ2v) is 5.13. The van der Waals surface area contributed by atoms with Gasteiger partial charge in [0, 0.05) is 0 Å². The minimum absolute atomic E-state index is 0.00653. The molecule has 20 heavy (non-hydrogen) atoms. The molecule has 1 heterocycles. The normalized spacial score (nSPS) is 12.4. The van der Waals surface area contributed by atoms with E-state index in [0.29, 0.717) is 5.22 Å². The number of benzene rings is 1. The van der Waals surface area contributed by atoms with E-state index < -0.39 is 0 Å². The fourth-order valence-corrected chi connectivity index (χ4v) is 2.39. The first-order valence-electron chi connectivity index (χ1n) is 6.79. The fraction of sp³-hybridized carbons (Fsp3) is 0.375. The van der Waals surface area contributed by atoms with Crippen LogP contribution in [0.2, 0.25) is 5.22 Å². The topological polar surface area (TPSA) is 34.4 Å². The molecule has 0 saturated carbocycles. The molecule has 0 bridgehead atoms.